The zero-order valence-corrected chi connectivity index (χ0v) is 18.9. The lowest BCUT2D eigenvalue weighted by Crippen LogP contribution is -2.54. The number of benzene rings is 1. The van der Waals surface area contributed by atoms with Crippen molar-refractivity contribution < 1.29 is 33.1 Å². The van der Waals surface area contributed by atoms with Crippen molar-refractivity contribution in [3.63, 3.8) is 0 Å². The topological polar surface area (TPSA) is 134 Å². The van der Waals surface area contributed by atoms with E-state index in [4.69, 9.17) is 4.74 Å². The Labute approximate surface area is 191 Å². The number of nitrogens with one attached hydrogen (secondary N) is 3. The second-order valence-electron chi connectivity index (χ2n) is 7.94. The van der Waals surface area contributed by atoms with Crippen molar-refractivity contribution in [1.29, 1.82) is 0 Å². The Kier molecular flexibility index (Phi) is 9.46. The normalized spacial score (nSPS) is 16.2. The van der Waals surface area contributed by atoms with Gasteiger partial charge < -0.3 is 25.6 Å². The van der Waals surface area contributed by atoms with Gasteiger partial charge in [0.1, 0.15) is 12.4 Å². The Morgan fingerprint density at radius 3 is 2.48 bits per heavy atom. The van der Waals surface area contributed by atoms with Gasteiger partial charge in [-0.1, -0.05) is 12.1 Å². The van der Waals surface area contributed by atoms with Gasteiger partial charge in [0, 0.05) is 25.6 Å². The number of anilines is 1. The van der Waals surface area contributed by atoms with Gasteiger partial charge in [0.05, 0.1) is 18.3 Å². The van der Waals surface area contributed by atoms with E-state index in [2.05, 4.69) is 16.0 Å². The standard InChI is InChI=1S/C22H29FN4O6/c1-13(2)27(17(18(28)12-33-3)10-14-8-9-24-20(14)30)19(29)11-25-21(31)22(32)26-16-7-5-4-6-15(16)23/h4-7,13-14,17H,8-12H2,1-3H3,(H,24,30)(H,25,31)(H,26,32). The first-order chi connectivity index (χ1) is 15.6. The van der Waals surface area contributed by atoms with Crippen molar-refractivity contribution in [3.8, 4) is 0 Å². The summed E-state index contributed by atoms with van der Waals surface area (Å²) < 4.78 is 18.6. The number of nitrogens with zero attached hydrogens (tertiary/aromatic N) is 1. The van der Waals surface area contributed by atoms with E-state index in [1.165, 1.54) is 30.2 Å². The summed E-state index contributed by atoms with van der Waals surface area (Å²) >= 11 is 0. The molecule has 0 aliphatic carbocycles. The molecule has 33 heavy (non-hydrogen) atoms. The number of para-hydroxylation sites is 1. The lowest BCUT2D eigenvalue weighted by Gasteiger charge is -2.35. The molecule has 0 spiro atoms. The summed E-state index contributed by atoms with van der Waals surface area (Å²) in [7, 11) is 1.35. The predicted molar refractivity (Wildman–Crippen MR) is 116 cm³/mol. The molecule has 3 N–H and O–H groups in total. The summed E-state index contributed by atoms with van der Waals surface area (Å²) in [5.41, 5.74) is -0.173. The van der Waals surface area contributed by atoms with E-state index in [1.54, 1.807) is 13.8 Å². The molecule has 0 aromatic heterocycles. The molecular weight excluding hydrogens is 435 g/mol. The number of carbonyl (C=O) groups excluding carboxylic acids is 5. The molecular formula is C22H29FN4O6. The molecule has 180 valence electrons. The van der Waals surface area contributed by atoms with Crippen LogP contribution < -0.4 is 16.0 Å². The minimum atomic E-state index is -1.14. The molecule has 1 aromatic carbocycles. The monoisotopic (exact) mass is 464 g/mol. The average Bonchev–Trinajstić information content (AvgIpc) is 3.17. The third-order valence-electron chi connectivity index (χ3n) is 5.24. The molecule has 2 rings (SSSR count). The van der Waals surface area contributed by atoms with E-state index in [0.29, 0.717) is 13.0 Å². The van der Waals surface area contributed by atoms with Crippen LogP contribution in [0.1, 0.15) is 26.7 Å². The molecule has 2 atom stereocenters. The van der Waals surface area contributed by atoms with Crippen molar-refractivity contribution in [3.05, 3.63) is 30.1 Å². The number of ether oxygens (including phenoxy) is 1. The Hall–Kier alpha value is -3.34. The first kappa shape index (κ1) is 25.9. The van der Waals surface area contributed by atoms with Crippen LogP contribution in [0.25, 0.3) is 0 Å². The third-order valence-corrected chi connectivity index (χ3v) is 5.24. The fourth-order valence-corrected chi connectivity index (χ4v) is 3.67. The summed E-state index contributed by atoms with van der Waals surface area (Å²) in [4.78, 5) is 63.2. The first-order valence-electron chi connectivity index (χ1n) is 10.6. The van der Waals surface area contributed by atoms with Gasteiger partial charge in [-0.15, -0.1) is 0 Å². The van der Waals surface area contributed by atoms with E-state index in [1.807, 2.05) is 0 Å². The molecule has 1 aliphatic rings. The molecule has 0 bridgehead atoms. The SMILES string of the molecule is COCC(=O)C(CC1CCNC1=O)N(C(=O)CNC(=O)C(=O)Nc1ccccc1F)C(C)C. The molecule has 1 aromatic rings. The number of Topliss-reactive ketones (excluding diaryl/α,β-unsaturated/α-hetero) is 1. The van der Waals surface area contributed by atoms with Gasteiger partial charge in [-0.2, -0.15) is 0 Å². The van der Waals surface area contributed by atoms with Crippen molar-refractivity contribution in [2.24, 2.45) is 5.92 Å². The second kappa shape index (κ2) is 12.0. The maximum Gasteiger partial charge on any atom is 0.313 e. The zero-order valence-electron chi connectivity index (χ0n) is 18.9. The lowest BCUT2D eigenvalue weighted by atomic mass is 9.94. The van der Waals surface area contributed by atoms with Crippen molar-refractivity contribution in [1.82, 2.24) is 15.5 Å². The largest absolute Gasteiger partial charge is 0.377 e. The minimum absolute atomic E-state index is 0.125. The Morgan fingerprint density at radius 2 is 1.91 bits per heavy atom. The number of hydrogen-bond donors (Lipinski definition) is 3. The average molecular weight is 464 g/mol. The maximum absolute atomic E-state index is 13.7. The molecule has 2 unspecified atom stereocenters. The van der Waals surface area contributed by atoms with Gasteiger partial charge >= 0.3 is 11.8 Å². The predicted octanol–water partition coefficient (Wildman–Crippen LogP) is 0.228. The molecule has 1 heterocycles. The minimum Gasteiger partial charge on any atom is -0.377 e. The van der Waals surface area contributed by atoms with Crippen LogP contribution in [-0.4, -0.2) is 73.2 Å². The van der Waals surface area contributed by atoms with Crippen molar-refractivity contribution in [2.75, 3.05) is 32.1 Å². The summed E-state index contributed by atoms with van der Waals surface area (Å²) in [5.74, 6) is -4.57. The highest BCUT2D eigenvalue weighted by molar-refractivity contribution is 6.39. The molecule has 0 radical (unpaired) electrons. The number of carbonyl (C=O) groups is 5. The van der Waals surface area contributed by atoms with Crippen LogP contribution in [0.15, 0.2) is 24.3 Å². The maximum atomic E-state index is 13.7. The highest BCUT2D eigenvalue weighted by atomic mass is 19.1. The smallest absolute Gasteiger partial charge is 0.313 e. The van der Waals surface area contributed by atoms with E-state index in [9.17, 15) is 28.4 Å². The highest BCUT2D eigenvalue weighted by Gasteiger charge is 2.37. The fraction of sp³-hybridized carbons (Fsp3) is 0.500. The Morgan fingerprint density at radius 1 is 1.21 bits per heavy atom. The number of rotatable bonds is 10. The van der Waals surface area contributed by atoms with Crippen LogP contribution >= 0.6 is 0 Å². The molecule has 1 saturated heterocycles. The second-order valence-corrected chi connectivity index (χ2v) is 7.94. The molecule has 1 fully saturated rings. The Bertz CT molecular complexity index is 907. The van der Waals surface area contributed by atoms with Crippen LogP contribution in [0.3, 0.4) is 0 Å². The van der Waals surface area contributed by atoms with Crippen LogP contribution in [0.2, 0.25) is 0 Å². The van der Waals surface area contributed by atoms with Gasteiger partial charge in [-0.3, -0.25) is 24.0 Å². The number of ketones is 1. The lowest BCUT2D eigenvalue weighted by molar-refractivity contribution is -0.145. The van der Waals surface area contributed by atoms with Crippen LogP contribution in [0.5, 0.6) is 0 Å². The van der Waals surface area contributed by atoms with Crippen molar-refractivity contribution >= 4 is 35.1 Å². The van der Waals surface area contributed by atoms with Crippen LogP contribution in [0.4, 0.5) is 10.1 Å². The summed E-state index contributed by atoms with van der Waals surface area (Å²) in [6.45, 7) is 3.10. The van der Waals surface area contributed by atoms with Gasteiger partial charge in [0.2, 0.25) is 11.8 Å². The quantitative estimate of drug-likeness (QED) is 0.425. The molecule has 1 aliphatic heterocycles. The van der Waals surface area contributed by atoms with Gasteiger partial charge in [0.25, 0.3) is 0 Å². The van der Waals surface area contributed by atoms with E-state index in [0.717, 1.165) is 6.07 Å². The summed E-state index contributed by atoms with van der Waals surface area (Å²) in [6, 6.07) is 3.96. The third kappa shape index (κ3) is 7.07. The molecule has 11 heteroatoms. The molecule has 4 amide bonds. The van der Waals surface area contributed by atoms with Crippen LogP contribution in [0, 0.1) is 11.7 Å². The Balaban J connectivity index is 2.07. The van der Waals surface area contributed by atoms with E-state index < -0.39 is 48.1 Å². The van der Waals surface area contributed by atoms with E-state index >= 15 is 0 Å². The number of halogens is 1. The van der Waals surface area contributed by atoms with Crippen molar-refractivity contribution in [2.45, 2.75) is 38.8 Å². The fourth-order valence-electron chi connectivity index (χ4n) is 3.67. The number of methoxy groups -OCH3 is 1. The summed E-state index contributed by atoms with van der Waals surface area (Å²) in [5, 5.41) is 7.04. The molecule has 10 nitrogen and oxygen atoms in total. The van der Waals surface area contributed by atoms with Gasteiger partial charge in [-0.25, -0.2) is 4.39 Å². The van der Waals surface area contributed by atoms with E-state index in [-0.39, 0.29) is 30.4 Å². The number of hydrogen-bond acceptors (Lipinski definition) is 6. The molecule has 0 saturated carbocycles. The summed E-state index contributed by atoms with van der Waals surface area (Å²) in [6.07, 6.45) is 0.669. The number of amides is 4. The van der Waals surface area contributed by atoms with Gasteiger partial charge in [0.15, 0.2) is 5.78 Å². The zero-order chi connectivity index (χ0) is 24.5. The van der Waals surface area contributed by atoms with Gasteiger partial charge in [-0.05, 0) is 38.8 Å². The first-order valence-corrected chi connectivity index (χ1v) is 10.6. The van der Waals surface area contributed by atoms with Crippen LogP contribution in [-0.2, 0) is 28.7 Å². The highest BCUT2D eigenvalue weighted by Crippen LogP contribution is 2.22.